The molecule has 0 aliphatic rings. The van der Waals surface area contributed by atoms with Crippen molar-refractivity contribution in [2.24, 2.45) is 0 Å². The van der Waals surface area contributed by atoms with Gasteiger partial charge >= 0.3 is 11.9 Å². The largest absolute Gasteiger partial charge is 0.464 e. The lowest BCUT2D eigenvalue weighted by molar-refractivity contribution is -0.146. The SMILES string of the molecule is CCCCCCCC/C=C\CCCCCCCC(=O)OCCN(CCOC(=O)CCCCCCC/C=C\CCCCCCCC)C(O)CN(C)C. The minimum Gasteiger partial charge on any atom is -0.464 e. The van der Waals surface area contributed by atoms with E-state index < -0.39 is 6.23 Å². The number of carbonyl (C=O) groups excluding carboxylic acids is 2. The highest BCUT2D eigenvalue weighted by Gasteiger charge is 2.18. The molecule has 0 aromatic rings. The monoisotopic (exact) mass is 721 g/mol. The number of ether oxygens (including phenoxy) is 2. The lowest BCUT2D eigenvalue weighted by Gasteiger charge is -2.29. The Morgan fingerprint density at radius 2 is 0.824 bits per heavy atom. The predicted octanol–water partition coefficient (Wildman–Crippen LogP) is 11.3. The third-order valence-electron chi connectivity index (χ3n) is 9.52. The highest BCUT2D eigenvalue weighted by molar-refractivity contribution is 5.69. The van der Waals surface area contributed by atoms with Crippen LogP contribution < -0.4 is 0 Å². The Morgan fingerprint density at radius 1 is 0.510 bits per heavy atom. The van der Waals surface area contributed by atoms with E-state index in [1.807, 2.05) is 23.9 Å². The van der Waals surface area contributed by atoms with Crippen LogP contribution in [0.4, 0.5) is 0 Å². The number of likely N-dealkylation sites (N-methyl/N-ethyl adjacent to an activating group) is 1. The van der Waals surface area contributed by atoms with Gasteiger partial charge in [0.2, 0.25) is 0 Å². The van der Waals surface area contributed by atoms with Gasteiger partial charge in [-0.2, -0.15) is 0 Å². The van der Waals surface area contributed by atoms with Gasteiger partial charge in [0.05, 0.1) is 0 Å². The summed E-state index contributed by atoms with van der Waals surface area (Å²) in [6.07, 6.45) is 41.5. The molecule has 0 aromatic heterocycles. The van der Waals surface area contributed by atoms with Gasteiger partial charge in [-0.25, -0.2) is 0 Å². The van der Waals surface area contributed by atoms with Crippen LogP contribution in [0.5, 0.6) is 0 Å². The van der Waals surface area contributed by atoms with Crippen LogP contribution in [-0.4, -0.2) is 80.0 Å². The lowest BCUT2D eigenvalue weighted by Crippen LogP contribution is -2.45. The number of carbonyl (C=O) groups is 2. The highest BCUT2D eigenvalue weighted by atomic mass is 16.5. The fraction of sp³-hybridized carbons (Fsp3) is 0.864. The van der Waals surface area contributed by atoms with E-state index in [-0.39, 0.29) is 25.2 Å². The third-order valence-corrected chi connectivity index (χ3v) is 9.52. The van der Waals surface area contributed by atoms with Gasteiger partial charge in [-0.05, 0) is 78.3 Å². The van der Waals surface area contributed by atoms with Crippen molar-refractivity contribution in [1.29, 1.82) is 0 Å². The van der Waals surface area contributed by atoms with E-state index in [4.69, 9.17) is 9.47 Å². The van der Waals surface area contributed by atoms with Crippen molar-refractivity contribution < 1.29 is 24.2 Å². The highest BCUT2D eigenvalue weighted by Crippen LogP contribution is 2.12. The molecule has 0 saturated carbocycles. The third kappa shape index (κ3) is 37.9. The molecule has 0 amide bonds. The molecule has 0 rings (SSSR count). The normalized spacial score (nSPS) is 12.5. The van der Waals surface area contributed by atoms with Gasteiger partial charge in [-0.1, -0.05) is 141 Å². The molecule has 300 valence electrons. The second kappa shape index (κ2) is 39.5. The zero-order valence-electron chi connectivity index (χ0n) is 34.2. The quantitative estimate of drug-likeness (QED) is 0.0293. The summed E-state index contributed by atoms with van der Waals surface area (Å²) in [5, 5.41) is 10.7. The molecule has 0 heterocycles. The summed E-state index contributed by atoms with van der Waals surface area (Å²) in [6.45, 7) is 6.22. The first-order valence-corrected chi connectivity index (χ1v) is 21.6. The van der Waals surface area contributed by atoms with Crippen LogP contribution in [0, 0.1) is 0 Å². The van der Waals surface area contributed by atoms with Gasteiger partial charge in [-0.3, -0.25) is 14.5 Å². The number of hydrogen-bond acceptors (Lipinski definition) is 7. The first kappa shape index (κ1) is 49.3. The summed E-state index contributed by atoms with van der Waals surface area (Å²) >= 11 is 0. The van der Waals surface area contributed by atoms with Crippen LogP contribution in [0.3, 0.4) is 0 Å². The van der Waals surface area contributed by atoms with Gasteiger partial charge in [0.15, 0.2) is 0 Å². The van der Waals surface area contributed by atoms with E-state index in [9.17, 15) is 14.7 Å². The van der Waals surface area contributed by atoms with Crippen molar-refractivity contribution in [3.8, 4) is 0 Å². The average Bonchev–Trinajstić information content (AvgIpc) is 3.10. The van der Waals surface area contributed by atoms with Crippen LogP contribution in [-0.2, 0) is 19.1 Å². The number of aliphatic hydroxyl groups excluding tert-OH is 1. The van der Waals surface area contributed by atoms with Gasteiger partial charge < -0.3 is 19.5 Å². The Labute approximate surface area is 316 Å². The topological polar surface area (TPSA) is 79.3 Å². The van der Waals surface area contributed by atoms with Crippen LogP contribution in [0.15, 0.2) is 24.3 Å². The van der Waals surface area contributed by atoms with E-state index in [1.165, 1.54) is 116 Å². The summed E-state index contributed by atoms with van der Waals surface area (Å²) in [6, 6.07) is 0. The standard InChI is InChI=1S/C44H84N2O5/c1-5-7-9-11-13-15-17-19-21-23-25-27-29-31-33-35-43(48)50-39-37-46(42(47)41-45(3)4)38-40-51-44(49)36-34-32-30-28-26-24-22-20-18-16-14-12-10-8-6-2/h19-22,42,47H,5-18,23-41H2,1-4H3/b21-19-,22-20-. The lowest BCUT2D eigenvalue weighted by atomic mass is 10.1. The van der Waals surface area contributed by atoms with E-state index in [1.54, 1.807) is 0 Å². The smallest absolute Gasteiger partial charge is 0.305 e. The number of esters is 2. The van der Waals surface area contributed by atoms with Gasteiger partial charge in [0.25, 0.3) is 0 Å². The Kier molecular flexibility index (Phi) is 38.2. The van der Waals surface area contributed by atoms with Gasteiger partial charge in [0.1, 0.15) is 19.4 Å². The number of aliphatic hydroxyl groups is 1. The molecule has 0 bridgehead atoms. The first-order chi connectivity index (χ1) is 24.9. The molecule has 0 fully saturated rings. The Bertz CT molecular complexity index is 757. The zero-order chi connectivity index (χ0) is 37.5. The average molecular weight is 721 g/mol. The van der Waals surface area contributed by atoms with E-state index >= 15 is 0 Å². The van der Waals surface area contributed by atoms with E-state index in [2.05, 4.69) is 38.2 Å². The summed E-state index contributed by atoms with van der Waals surface area (Å²) in [5.41, 5.74) is 0. The van der Waals surface area contributed by atoms with Gasteiger partial charge in [0, 0.05) is 32.5 Å². The fourth-order valence-corrected chi connectivity index (χ4v) is 6.23. The second-order valence-corrected chi connectivity index (χ2v) is 14.9. The maximum absolute atomic E-state index is 12.3. The van der Waals surface area contributed by atoms with Crippen LogP contribution in [0.1, 0.15) is 194 Å². The molecule has 0 spiro atoms. The predicted molar refractivity (Wildman–Crippen MR) is 217 cm³/mol. The van der Waals surface area contributed by atoms with Crippen molar-refractivity contribution in [1.82, 2.24) is 9.80 Å². The zero-order valence-corrected chi connectivity index (χ0v) is 34.2. The van der Waals surface area contributed by atoms with Crippen molar-refractivity contribution in [3.05, 3.63) is 24.3 Å². The van der Waals surface area contributed by atoms with Crippen molar-refractivity contribution in [3.63, 3.8) is 0 Å². The summed E-state index contributed by atoms with van der Waals surface area (Å²) in [5.74, 6) is -0.359. The Hall–Kier alpha value is -1.70. The summed E-state index contributed by atoms with van der Waals surface area (Å²) in [4.78, 5) is 28.3. The number of rotatable bonds is 39. The summed E-state index contributed by atoms with van der Waals surface area (Å²) in [7, 11) is 3.81. The van der Waals surface area contributed by atoms with Crippen molar-refractivity contribution >= 4 is 11.9 Å². The molecular weight excluding hydrogens is 636 g/mol. The van der Waals surface area contributed by atoms with Gasteiger partial charge in [-0.15, -0.1) is 0 Å². The molecule has 1 unspecified atom stereocenters. The molecule has 7 nitrogen and oxygen atoms in total. The summed E-state index contributed by atoms with van der Waals surface area (Å²) < 4.78 is 11.0. The fourth-order valence-electron chi connectivity index (χ4n) is 6.23. The molecule has 7 heteroatoms. The molecule has 1 atom stereocenters. The molecule has 0 saturated heterocycles. The van der Waals surface area contributed by atoms with E-state index in [0.717, 1.165) is 51.4 Å². The van der Waals surface area contributed by atoms with Crippen molar-refractivity contribution in [2.75, 3.05) is 46.9 Å². The molecule has 0 aliphatic heterocycles. The molecule has 51 heavy (non-hydrogen) atoms. The Balaban J connectivity index is 3.92. The van der Waals surface area contributed by atoms with Crippen LogP contribution in [0.25, 0.3) is 0 Å². The molecular formula is C44H84N2O5. The number of hydrogen-bond donors (Lipinski definition) is 1. The van der Waals surface area contributed by atoms with Crippen LogP contribution >= 0.6 is 0 Å². The number of allylic oxidation sites excluding steroid dienone is 4. The first-order valence-electron chi connectivity index (χ1n) is 21.6. The Morgan fingerprint density at radius 3 is 1.16 bits per heavy atom. The van der Waals surface area contributed by atoms with Crippen LogP contribution in [0.2, 0.25) is 0 Å². The number of unbranched alkanes of at least 4 members (excludes halogenated alkanes) is 22. The maximum Gasteiger partial charge on any atom is 0.305 e. The maximum atomic E-state index is 12.3. The minimum absolute atomic E-state index is 0.180. The molecule has 1 N–H and O–H groups in total. The number of nitrogens with zero attached hydrogens (tertiary/aromatic N) is 2. The molecule has 0 aromatic carbocycles. The molecule has 0 radical (unpaired) electrons. The molecule has 0 aliphatic carbocycles. The van der Waals surface area contributed by atoms with E-state index in [0.29, 0.717) is 32.5 Å². The second-order valence-electron chi connectivity index (χ2n) is 14.9. The minimum atomic E-state index is -0.729. The van der Waals surface area contributed by atoms with Crippen molar-refractivity contribution in [2.45, 2.75) is 200 Å².